The summed E-state index contributed by atoms with van der Waals surface area (Å²) in [7, 11) is 0. The normalized spacial score (nSPS) is 18.0. The van der Waals surface area contributed by atoms with E-state index in [1.165, 1.54) is 12.3 Å². The number of nitrogens with zero attached hydrogens (tertiary/aromatic N) is 5. The average molecular weight is 386 g/mol. The van der Waals surface area contributed by atoms with Crippen LogP contribution in [-0.2, 0) is 0 Å². The first-order chi connectivity index (χ1) is 13.2. The maximum Gasteiger partial charge on any atom is 0.189 e. The number of anilines is 1. The standard InChI is InChI=1S/C18H19FN6OS/c19-13-4-7-21-16-14(5-12-26-17(13)16)22-23-18(27)25-10-8-24(9-11-25)15-3-1-2-6-20-15/h1-4,6-7H,5,8-12H2,(H,23,27)/b22-14-. The number of hydrogen-bond donors (Lipinski definition) is 1. The number of fused-ring (bicyclic) bond motifs is 1. The Bertz CT molecular complexity index is 854. The summed E-state index contributed by atoms with van der Waals surface area (Å²) in [5, 5.41) is 4.92. The zero-order valence-corrected chi connectivity index (χ0v) is 15.5. The van der Waals surface area contributed by atoms with Gasteiger partial charge < -0.3 is 14.5 Å². The third-order valence-electron chi connectivity index (χ3n) is 4.54. The summed E-state index contributed by atoms with van der Waals surface area (Å²) in [6.07, 6.45) is 3.76. The van der Waals surface area contributed by atoms with Crippen LogP contribution in [0, 0.1) is 5.82 Å². The molecule has 2 aliphatic heterocycles. The van der Waals surface area contributed by atoms with E-state index in [0.717, 1.165) is 32.0 Å². The molecule has 2 aliphatic rings. The molecule has 1 saturated heterocycles. The number of halogens is 1. The quantitative estimate of drug-likeness (QED) is 0.624. The smallest absolute Gasteiger partial charge is 0.189 e. The van der Waals surface area contributed by atoms with Crippen molar-refractivity contribution in [1.29, 1.82) is 0 Å². The van der Waals surface area contributed by atoms with E-state index in [9.17, 15) is 4.39 Å². The Morgan fingerprint density at radius 3 is 2.78 bits per heavy atom. The molecule has 2 aromatic rings. The minimum Gasteiger partial charge on any atom is -0.488 e. The SMILES string of the molecule is Fc1ccnc2c1OCC/C2=N/NC(=S)N1CCN(c2ccccn2)CC1. The number of hydrazone groups is 1. The van der Waals surface area contributed by atoms with Gasteiger partial charge in [0.05, 0.1) is 12.3 Å². The summed E-state index contributed by atoms with van der Waals surface area (Å²) in [6, 6.07) is 7.18. The van der Waals surface area contributed by atoms with Gasteiger partial charge in [0.25, 0.3) is 0 Å². The Morgan fingerprint density at radius 2 is 2.00 bits per heavy atom. The first-order valence-electron chi connectivity index (χ1n) is 8.77. The van der Waals surface area contributed by atoms with Gasteiger partial charge in [0.1, 0.15) is 11.5 Å². The molecule has 0 atom stereocenters. The zero-order valence-electron chi connectivity index (χ0n) is 14.6. The second kappa shape index (κ2) is 7.83. The molecule has 1 fully saturated rings. The largest absolute Gasteiger partial charge is 0.488 e. The molecule has 0 aromatic carbocycles. The molecule has 0 radical (unpaired) electrons. The third-order valence-corrected chi connectivity index (χ3v) is 4.89. The van der Waals surface area contributed by atoms with E-state index >= 15 is 0 Å². The predicted octanol–water partition coefficient (Wildman–Crippen LogP) is 1.80. The van der Waals surface area contributed by atoms with E-state index in [0.29, 0.717) is 29.5 Å². The van der Waals surface area contributed by atoms with Gasteiger partial charge >= 0.3 is 0 Å². The number of piperazine rings is 1. The Kier molecular flexibility index (Phi) is 5.10. The lowest BCUT2D eigenvalue weighted by Crippen LogP contribution is -2.51. The first-order valence-corrected chi connectivity index (χ1v) is 9.18. The molecular formula is C18H19FN6OS. The molecule has 1 N–H and O–H groups in total. The number of aromatic nitrogens is 2. The molecule has 4 rings (SSSR count). The highest BCUT2D eigenvalue weighted by molar-refractivity contribution is 7.80. The van der Waals surface area contributed by atoms with Crippen LogP contribution in [0.4, 0.5) is 10.2 Å². The highest BCUT2D eigenvalue weighted by Crippen LogP contribution is 2.25. The molecule has 0 spiro atoms. The van der Waals surface area contributed by atoms with Crippen LogP contribution in [0.3, 0.4) is 0 Å². The second-order valence-corrected chi connectivity index (χ2v) is 6.59. The number of ether oxygens (including phenoxy) is 1. The topological polar surface area (TPSA) is 65.9 Å². The van der Waals surface area contributed by atoms with Crippen LogP contribution >= 0.6 is 12.2 Å². The van der Waals surface area contributed by atoms with Crippen molar-refractivity contribution in [3.05, 3.63) is 48.2 Å². The van der Waals surface area contributed by atoms with Crippen molar-refractivity contribution in [3.63, 3.8) is 0 Å². The minimum atomic E-state index is -0.430. The maximum absolute atomic E-state index is 13.8. The molecule has 0 amide bonds. The summed E-state index contributed by atoms with van der Waals surface area (Å²) in [6.45, 7) is 3.59. The molecule has 0 saturated carbocycles. The number of pyridine rings is 2. The fourth-order valence-corrected chi connectivity index (χ4v) is 3.34. The molecule has 140 valence electrons. The van der Waals surface area contributed by atoms with Crippen molar-refractivity contribution in [2.75, 3.05) is 37.7 Å². The van der Waals surface area contributed by atoms with E-state index in [1.54, 1.807) is 6.20 Å². The summed E-state index contributed by atoms with van der Waals surface area (Å²) in [5.74, 6) is 0.697. The minimum absolute atomic E-state index is 0.152. The van der Waals surface area contributed by atoms with Gasteiger partial charge in [0.2, 0.25) is 0 Å². The fourth-order valence-electron chi connectivity index (χ4n) is 3.11. The molecule has 27 heavy (non-hydrogen) atoms. The lowest BCUT2D eigenvalue weighted by molar-refractivity contribution is 0.300. The van der Waals surface area contributed by atoms with Gasteiger partial charge in [0.15, 0.2) is 16.7 Å². The second-order valence-electron chi connectivity index (χ2n) is 6.21. The van der Waals surface area contributed by atoms with Crippen LogP contribution in [0.15, 0.2) is 41.8 Å². The third kappa shape index (κ3) is 3.82. The maximum atomic E-state index is 13.8. The summed E-state index contributed by atoms with van der Waals surface area (Å²) >= 11 is 5.47. The monoisotopic (exact) mass is 386 g/mol. The van der Waals surface area contributed by atoms with Gasteiger partial charge in [-0.2, -0.15) is 5.10 Å². The Balaban J connectivity index is 1.37. The molecule has 7 nitrogen and oxygen atoms in total. The van der Waals surface area contributed by atoms with E-state index < -0.39 is 5.82 Å². The Labute approximate surface area is 161 Å². The first kappa shape index (κ1) is 17.6. The summed E-state index contributed by atoms with van der Waals surface area (Å²) < 4.78 is 19.2. The van der Waals surface area contributed by atoms with Crippen molar-refractivity contribution >= 4 is 28.9 Å². The highest BCUT2D eigenvalue weighted by atomic mass is 32.1. The average Bonchev–Trinajstić information content (AvgIpc) is 2.73. The van der Waals surface area contributed by atoms with Gasteiger partial charge in [-0.05, 0) is 30.4 Å². The van der Waals surface area contributed by atoms with Crippen LogP contribution in [0.2, 0.25) is 0 Å². The van der Waals surface area contributed by atoms with Gasteiger partial charge in [-0.15, -0.1) is 0 Å². The summed E-state index contributed by atoms with van der Waals surface area (Å²) in [5.41, 5.74) is 4.00. The van der Waals surface area contributed by atoms with Crippen molar-refractivity contribution in [3.8, 4) is 5.75 Å². The number of thiocarbonyl (C=S) groups is 1. The molecule has 0 aliphatic carbocycles. The fraction of sp³-hybridized carbons (Fsp3) is 0.333. The lowest BCUT2D eigenvalue weighted by Gasteiger charge is -2.36. The van der Waals surface area contributed by atoms with Crippen LogP contribution in [-0.4, -0.2) is 58.5 Å². The Morgan fingerprint density at radius 1 is 1.15 bits per heavy atom. The van der Waals surface area contributed by atoms with Crippen molar-refractivity contribution < 1.29 is 9.13 Å². The van der Waals surface area contributed by atoms with Gasteiger partial charge in [-0.3, -0.25) is 10.4 Å². The van der Waals surface area contributed by atoms with Gasteiger partial charge in [-0.1, -0.05) is 6.07 Å². The van der Waals surface area contributed by atoms with E-state index in [4.69, 9.17) is 17.0 Å². The van der Waals surface area contributed by atoms with Crippen LogP contribution < -0.4 is 15.1 Å². The lowest BCUT2D eigenvalue weighted by atomic mass is 10.1. The molecule has 9 heteroatoms. The van der Waals surface area contributed by atoms with Gasteiger partial charge in [0, 0.05) is 45.0 Å². The molecule has 0 unspecified atom stereocenters. The highest BCUT2D eigenvalue weighted by Gasteiger charge is 2.23. The van der Waals surface area contributed by atoms with Crippen molar-refractivity contribution in [2.45, 2.75) is 6.42 Å². The van der Waals surface area contributed by atoms with E-state index in [2.05, 4.69) is 30.3 Å². The van der Waals surface area contributed by atoms with Crippen LogP contribution in [0.1, 0.15) is 12.1 Å². The number of hydrogen-bond acceptors (Lipinski definition) is 6. The van der Waals surface area contributed by atoms with E-state index in [1.807, 2.05) is 18.2 Å². The predicted molar refractivity (Wildman–Crippen MR) is 105 cm³/mol. The van der Waals surface area contributed by atoms with Crippen molar-refractivity contribution in [1.82, 2.24) is 20.3 Å². The zero-order chi connectivity index (χ0) is 18.6. The summed E-state index contributed by atoms with van der Waals surface area (Å²) in [4.78, 5) is 12.9. The van der Waals surface area contributed by atoms with Crippen LogP contribution in [0.25, 0.3) is 0 Å². The number of rotatable bonds is 2. The molecular weight excluding hydrogens is 367 g/mol. The Hall–Kier alpha value is -2.81. The van der Waals surface area contributed by atoms with Crippen LogP contribution in [0.5, 0.6) is 5.75 Å². The van der Waals surface area contributed by atoms with E-state index in [-0.39, 0.29) is 5.75 Å². The molecule has 4 heterocycles. The molecule has 2 aromatic heterocycles. The van der Waals surface area contributed by atoms with Gasteiger partial charge in [-0.25, -0.2) is 9.37 Å². The van der Waals surface area contributed by atoms with Crippen molar-refractivity contribution in [2.24, 2.45) is 5.10 Å². The molecule has 0 bridgehead atoms. The number of nitrogens with one attached hydrogen (secondary N) is 1.